The molecule has 2 aromatic rings. The van der Waals surface area contributed by atoms with Crippen molar-refractivity contribution in [1.29, 1.82) is 0 Å². The lowest BCUT2D eigenvalue weighted by atomic mass is 9.72. The molecular weight excluding hydrogens is 424 g/mol. The maximum absolute atomic E-state index is 12.8. The summed E-state index contributed by atoms with van der Waals surface area (Å²) in [6.45, 7) is 16.8. The minimum atomic E-state index is -0.682. The van der Waals surface area contributed by atoms with E-state index in [1.807, 2.05) is 63.2 Å². The number of hydrogen-bond acceptors (Lipinski definition) is 3. The molecule has 5 nitrogen and oxygen atoms in total. The van der Waals surface area contributed by atoms with Crippen LogP contribution in [-0.4, -0.2) is 30.0 Å². The zero-order chi connectivity index (χ0) is 25.6. The summed E-state index contributed by atoms with van der Waals surface area (Å²) < 4.78 is 5.72. The fourth-order valence-corrected chi connectivity index (χ4v) is 4.33. The lowest BCUT2D eigenvalue weighted by Gasteiger charge is -2.33. The SMILES string of the molecule is CC(C)(C)CC(C)(C)c1ccc(OCC(=O)N[C@@H](Cc2ccccc2)C(=O)NC(C)(C)C)cc1. The lowest BCUT2D eigenvalue weighted by molar-refractivity contribution is -0.130. The molecule has 2 aromatic carbocycles. The summed E-state index contributed by atoms with van der Waals surface area (Å²) in [5, 5.41) is 5.80. The summed E-state index contributed by atoms with van der Waals surface area (Å²) in [5.74, 6) is 0.0847. The van der Waals surface area contributed by atoms with Crippen molar-refractivity contribution in [1.82, 2.24) is 10.6 Å². The maximum Gasteiger partial charge on any atom is 0.258 e. The van der Waals surface area contributed by atoms with Gasteiger partial charge in [0.1, 0.15) is 11.8 Å². The van der Waals surface area contributed by atoms with Crippen molar-refractivity contribution in [3.8, 4) is 5.75 Å². The molecule has 2 rings (SSSR count). The van der Waals surface area contributed by atoms with E-state index in [4.69, 9.17) is 4.74 Å². The zero-order valence-electron chi connectivity index (χ0n) is 22.1. The van der Waals surface area contributed by atoms with Crippen LogP contribution in [0.1, 0.15) is 72.9 Å². The highest BCUT2D eigenvalue weighted by molar-refractivity contribution is 5.88. The quantitative estimate of drug-likeness (QED) is 0.518. The Balaban J connectivity index is 2.00. The van der Waals surface area contributed by atoms with Gasteiger partial charge in [0.15, 0.2) is 6.61 Å². The van der Waals surface area contributed by atoms with Gasteiger partial charge in [0.05, 0.1) is 0 Å². The topological polar surface area (TPSA) is 67.4 Å². The molecule has 2 amide bonds. The first-order chi connectivity index (χ1) is 15.6. The Morgan fingerprint density at radius 2 is 1.44 bits per heavy atom. The molecule has 5 heteroatoms. The number of ether oxygens (including phenoxy) is 1. The fraction of sp³-hybridized carbons (Fsp3) is 0.517. The second-order valence-corrected chi connectivity index (χ2v) is 12.0. The Hall–Kier alpha value is -2.82. The van der Waals surface area contributed by atoms with Crippen molar-refractivity contribution in [3.63, 3.8) is 0 Å². The Morgan fingerprint density at radius 1 is 0.853 bits per heavy atom. The number of carbonyl (C=O) groups is 2. The van der Waals surface area contributed by atoms with Crippen LogP contribution in [0.15, 0.2) is 54.6 Å². The monoisotopic (exact) mass is 466 g/mol. The molecule has 0 saturated carbocycles. The van der Waals surface area contributed by atoms with E-state index in [0.717, 1.165) is 12.0 Å². The molecule has 0 aliphatic heterocycles. The predicted molar refractivity (Wildman–Crippen MR) is 139 cm³/mol. The summed E-state index contributed by atoms with van der Waals surface area (Å²) >= 11 is 0. The first kappa shape index (κ1) is 27.4. The predicted octanol–water partition coefficient (Wildman–Crippen LogP) is 5.42. The number of rotatable bonds is 9. The molecule has 0 radical (unpaired) electrons. The molecule has 0 bridgehead atoms. The lowest BCUT2D eigenvalue weighted by Crippen LogP contribution is -2.53. The summed E-state index contributed by atoms with van der Waals surface area (Å²) in [5.41, 5.74) is 2.09. The normalized spacial score (nSPS) is 13.2. The average molecular weight is 467 g/mol. The van der Waals surface area contributed by atoms with Gasteiger partial charge in [0.25, 0.3) is 5.91 Å². The van der Waals surface area contributed by atoms with Crippen molar-refractivity contribution in [2.75, 3.05) is 6.61 Å². The molecule has 0 fully saturated rings. The molecule has 0 saturated heterocycles. The van der Waals surface area contributed by atoms with Gasteiger partial charge < -0.3 is 15.4 Å². The van der Waals surface area contributed by atoms with E-state index in [9.17, 15) is 9.59 Å². The van der Waals surface area contributed by atoms with Crippen LogP contribution < -0.4 is 15.4 Å². The molecule has 0 unspecified atom stereocenters. The molecule has 0 aromatic heterocycles. The van der Waals surface area contributed by atoms with Crippen molar-refractivity contribution in [2.24, 2.45) is 5.41 Å². The second kappa shape index (κ2) is 11.1. The van der Waals surface area contributed by atoms with Gasteiger partial charge in [-0.15, -0.1) is 0 Å². The maximum atomic E-state index is 12.8. The summed E-state index contributed by atoms with van der Waals surface area (Å²) in [4.78, 5) is 25.5. The molecule has 0 aliphatic carbocycles. The highest BCUT2D eigenvalue weighted by atomic mass is 16.5. The van der Waals surface area contributed by atoms with Crippen LogP contribution in [0.4, 0.5) is 0 Å². The van der Waals surface area contributed by atoms with Crippen LogP contribution in [0.5, 0.6) is 5.75 Å². The number of hydrogen-bond donors (Lipinski definition) is 2. The third-order valence-corrected chi connectivity index (χ3v) is 5.41. The standard InChI is InChI=1S/C29H42N2O3/c1-27(2,3)20-29(7,8)22-14-16-23(17-15-22)34-19-25(32)30-24(26(33)31-28(4,5)6)18-21-12-10-9-11-13-21/h9-17,24H,18-20H2,1-8H3,(H,30,32)(H,31,33)/t24-/m0/s1. The Morgan fingerprint density at radius 3 is 1.97 bits per heavy atom. The highest BCUT2D eigenvalue weighted by Gasteiger charge is 2.27. The van der Waals surface area contributed by atoms with Gasteiger partial charge in [-0.3, -0.25) is 9.59 Å². The number of carbonyl (C=O) groups excluding carboxylic acids is 2. The van der Waals surface area contributed by atoms with Crippen molar-refractivity contribution in [2.45, 2.75) is 85.2 Å². The van der Waals surface area contributed by atoms with E-state index >= 15 is 0 Å². The number of amides is 2. The van der Waals surface area contributed by atoms with Crippen molar-refractivity contribution < 1.29 is 14.3 Å². The molecule has 0 spiro atoms. The second-order valence-electron chi connectivity index (χ2n) is 12.0. The van der Waals surface area contributed by atoms with Crippen molar-refractivity contribution >= 4 is 11.8 Å². The van der Waals surface area contributed by atoms with Crippen LogP contribution in [-0.2, 0) is 21.4 Å². The molecule has 1 atom stereocenters. The van der Waals surface area contributed by atoms with Crippen LogP contribution in [0.25, 0.3) is 0 Å². The molecular formula is C29H42N2O3. The smallest absolute Gasteiger partial charge is 0.258 e. The summed E-state index contributed by atoms with van der Waals surface area (Å²) in [6.07, 6.45) is 1.47. The van der Waals surface area contributed by atoms with E-state index in [-0.39, 0.29) is 29.3 Å². The van der Waals surface area contributed by atoms with E-state index < -0.39 is 11.6 Å². The van der Waals surface area contributed by atoms with Gasteiger partial charge in [-0.25, -0.2) is 0 Å². The Bertz CT molecular complexity index is 936. The van der Waals surface area contributed by atoms with Gasteiger partial charge in [-0.05, 0) is 61.3 Å². The van der Waals surface area contributed by atoms with Crippen LogP contribution >= 0.6 is 0 Å². The highest BCUT2D eigenvalue weighted by Crippen LogP contribution is 2.36. The number of benzene rings is 2. The van der Waals surface area contributed by atoms with E-state index in [0.29, 0.717) is 12.2 Å². The molecule has 0 heterocycles. The minimum absolute atomic E-state index is 0.0409. The van der Waals surface area contributed by atoms with E-state index in [1.165, 1.54) is 5.56 Å². The Labute approximate surface area is 205 Å². The van der Waals surface area contributed by atoms with Gasteiger partial charge in [-0.2, -0.15) is 0 Å². The molecule has 186 valence electrons. The Kier molecular flexibility index (Phi) is 8.93. The third-order valence-electron chi connectivity index (χ3n) is 5.41. The van der Waals surface area contributed by atoms with Gasteiger partial charge >= 0.3 is 0 Å². The third kappa shape index (κ3) is 9.58. The van der Waals surface area contributed by atoms with Gasteiger partial charge in [-0.1, -0.05) is 77.1 Å². The molecule has 34 heavy (non-hydrogen) atoms. The van der Waals surface area contributed by atoms with Gasteiger partial charge in [0, 0.05) is 12.0 Å². The van der Waals surface area contributed by atoms with E-state index in [2.05, 4.69) is 57.4 Å². The van der Waals surface area contributed by atoms with Crippen LogP contribution in [0.2, 0.25) is 0 Å². The van der Waals surface area contributed by atoms with Crippen LogP contribution in [0, 0.1) is 5.41 Å². The van der Waals surface area contributed by atoms with Crippen LogP contribution in [0.3, 0.4) is 0 Å². The van der Waals surface area contributed by atoms with Gasteiger partial charge in [0.2, 0.25) is 5.91 Å². The summed E-state index contributed by atoms with van der Waals surface area (Å²) in [7, 11) is 0. The fourth-order valence-electron chi connectivity index (χ4n) is 4.33. The van der Waals surface area contributed by atoms with E-state index in [1.54, 1.807) is 0 Å². The minimum Gasteiger partial charge on any atom is -0.484 e. The average Bonchev–Trinajstić information content (AvgIpc) is 2.70. The first-order valence-electron chi connectivity index (χ1n) is 12.0. The summed E-state index contributed by atoms with van der Waals surface area (Å²) in [6, 6.07) is 16.9. The molecule has 2 N–H and O–H groups in total. The number of nitrogens with one attached hydrogen (secondary N) is 2. The first-order valence-corrected chi connectivity index (χ1v) is 12.0. The largest absolute Gasteiger partial charge is 0.484 e. The zero-order valence-corrected chi connectivity index (χ0v) is 22.1. The molecule has 0 aliphatic rings. The van der Waals surface area contributed by atoms with Crippen molar-refractivity contribution in [3.05, 3.63) is 65.7 Å².